The predicted octanol–water partition coefficient (Wildman–Crippen LogP) is 5.10. The molecule has 3 heteroatoms. The molecule has 1 aromatic rings. The average Bonchev–Trinajstić information content (AvgIpc) is 2.39. The van der Waals surface area contributed by atoms with Crippen molar-refractivity contribution in [3.63, 3.8) is 0 Å². The molecule has 2 rings (SSSR count). The molecule has 1 fully saturated rings. The molecule has 18 heavy (non-hydrogen) atoms. The van der Waals surface area contributed by atoms with Crippen molar-refractivity contribution in [2.24, 2.45) is 5.41 Å². The Morgan fingerprint density at radius 2 is 1.94 bits per heavy atom. The normalized spacial score (nSPS) is 19.0. The molecule has 1 aromatic carbocycles. The third-order valence-corrected chi connectivity index (χ3v) is 4.88. The van der Waals surface area contributed by atoms with Gasteiger partial charge in [0, 0.05) is 29.7 Å². The van der Waals surface area contributed by atoms with Crippen LogP contribution in [0.5, 0.6) is 0 Å². The Balaban J connectivity index is 2.16. The molecular weight excluding hydrogens is 265 g/mol. The molecule has 0 N–H and O–H groups in total. The Hall–Kier alpha value is -0.400. The first-order valence-corrected chi connectivity index (χ1v) is 7.58. The lowest BCUT2D eigenvalue weighted by Crippen LogP contribution is -2.38. The summed E-state index contributed by atoms with van der Waals surface area (Å²) in [6, 6.07) is 6.01. The molecule has 1 aliphatic rings. The number of hydrogen-bond acceptors (Lipinski definition) is 1. The maximum absolute atomic E-state index is 6.11. The van der Waals surface area contributed by atoms with Crippen molar-refractivity contribution in [1.29, 1.82) is 0 Å². The number of alkyl halides is 1. The van der Waals surface area contributed by atoms with Gasteiger partial charge in [0.15, 0.2) is 0 Å². The molecule has 1 nitrogen and oxygen atoms in total. The van der Waals surface area contributed by atoms with Crippen molar-refractivity contribution in [2.75, 3.05) is 18.0 Å². The van der Waals surface area contributed by atoms with Crippen LogP contribution in [-0.4, -0.2) is 13.1 Å². The van der Waals surface area contributed by atoms with Gasteiger partial charge in [0.2, 0.25) is 0 Å². The van der Waals surface area contributed by atoms with Crippen LogP contribution in [0.25, 0.3) is 0 Å². The first-order valence-electron chi connectivity index (χ1n) is 6.67. The summed E-state index contributed by atoms with van der Waals surface area (Å²) in [6.45, 7) is 6.90. The minimum absolute atomic E-state index is 0.510. The molecule has 0 spiro atoms. The molecule has 1 heterocycles. The Labute approximate surface area is 120 Å². The van der Waals surface area contributed by atoms with Gasteiger partial charge in [-0.15, -0.1) is 11.6 Å². The van der Waals surface area contributed by atoms with E-state index in [0.29, 0.717) is 11.3 Å². The van der Waals surface area contributed by atoms with Crippen molar-refractivity contribution < 1.29 is 0 Å². The van der Waals surface area contributed by atoms with E-state index in [4.69, 9.17) is 23.2 Å². The van der Waals surface area contributed by atoms with Gasteiger partial charge in [-0.25, -0.2) is 0 Å². The van der Waals surface area contributed by atoms with Gasteiger partial charge in [-0.05, 0) is 36.0 Å². The largest absolute Gasteiger partial charge is 0.371 e. The minimum Gasteiger partial charge on any atom is -0.371 e. The van der Waals surface area contributed by atoms with Gasteiger partial charge in [0.25, 0.3) is 0 Å². The number of benzene rings is 1. The Kier molecular flexibility index (Phi) is 4.45. The summed E-state index contributed by atoms with van der Waals surface area (Å²) < 4.78 is 0. The van der Waals surface area contributed by atoms with E-state index in [9.17, 15) is 0 Å². The molecule has 1 saturated heterocycles. The summed E-state index contributed by atoms with van der Waals surface area (Å²) in [4.78, 5) is 2.43. The monoisotopic (exact) mass is 285 g/mol. The third-order valence-electron chi connectivity index (χ3n) is 4.36. The number of piperidine rings is 1. The lowest BCUT2D eigenvalue weighted by Gasteiger charge is -2.40. The molecule has 1 aliphatic heterocycles. The molecule has 0 aliphatic carbocycles. The molecule has 0 unspecified atom stereocenters. The van der Waals surface area contributed by atoms with E-state index < -0.39 is 0 Å². The summed E-state index contributed by atoms with van der Waals surface area (Å²) in [5.41, 5.74) is 2.91. The molecule has 0 amide bonds. The van der Waals surface area contributed by atoms with Crippen LogP contribution >= 0.6 is 23.2 Å². The smallest absolute Gasteiger partial charge is 0.0494 e. The molecular formula is C15H21Cl2N. The highest BCUT2D eigenvalue weighted by Gasteiger charge is 2.28. The lowest BCUT2D eigenvalue weighted by atomic mass is 9.78. The molecule has 0 atom stereocenters. The first kappa shape index (κ1) is 14.0. The zero-order valence-electron chi connectivity index (χ0n) is 11.2. The van der Waals surface area contributed by atoms with Crippen LogP contribution in [0, 0.1) is 5.41 Å². The highest BCUT2D eigenvalue weighted by atomic mass is 35.5. The zero-order chi connectivity index (χ0) is 13.2. The second kappa shape index (κ2) is 5.71. The van der Waals surface area contributed by atoms with Crippen molar-refractivity contribution in [3.05, 3.63) is 28.8 Å². The average molecular weight is 286 g/mol. The van der Waals surface area contributed by atoms with Crippen LogP contribution < -0.4 is 4.90 Å². The number of halogens is 2. The van der Waals surface area contributed by atoms with Crippen molar-refractivity contribution >= 4 is 28.9 Å². The fourth-order valence-corrected chi connectivity index (χ4v) is 2.98. The summed E-state index contributed by atoms with van der Waals surface area (Å²) in [7, 11) is 0. The van der Waals surface area contributed by atoms with Crippen molar-refractivity contribution in [3.8, 4) is 0 Å². The molecule has 100 valence electrons. The second-order valence-electron chi connectivity index (χ2n) is 5.56. The van der Waals surface area contributed by atoms with Gasteiger partial charge >= 0.3 is 0 Å². The van der Waals surface area contributed by atoms with Crippen LogP contribution in [0.2, 0.25) is 5.02 Å². The van der Waals surface area contributed by atoms with Gasteiger partial charge in [0.1, 0.15) is 0 Å². The summed E-state index contributed by atoms with van der Waals surface area (Å²) in [5.74, 6) is 0.550. The lowest BCUT2D eigenvalue weighted by molar-refractivity contribution is 0.238. The maximum Gasteiger partial charge on any atom is 0.0494 e. The quantitative estimate of drug-likeness (QED) is 0.699. The van der Waals surface area contributed by atoms with Crippen LogP contribution in [-0.2, 0) is 5.88 Å². The highest BCUT2D eigenvalue weighted by Crippen LogP contribution is 2.37. The van der Waals surface area contributed by atoms with E-state index in [1.807, 2.05) is 18.2 Å². The van der Waals surface area contributed by atoms with Crippen LogP contribution in [0.4, 0.5) is 5.69 Å². The zero-order valence-corrected chi connectivity index (χ0v) is 12.7. The topological polar surface area (TPSA) is 3.24 Å². The number of rotatable bonds is 3. The SMILES string of the molecule is CCC1(C)CCN(c2cc(Cl)ccc2CCl)CC1. The minimum atomic E-state index is 0.510. The molecule has 0 radical (unpaired) electrons. The first-order chi connectivity index (χ1) is 8.58. The van der Waals surface area contributed by atoms with Crippen molar-refractivity contribution in [2.45, 2.75) is 39.0 Å². The Bertz CT molecular complexity index is 409. The number of anilines is 1. The van der Waals surface area contributed by atoms with Gasteiger partial charge in [-0.3, -0.25) is 0 Å². The summed E-state index contributed by atoms with van der Waals surface area (Å²) in [5, 5.41) is 0.794. The van der Waals surface area contributed by atoms with Gasteiger partial charge in [0.05, 0.1) is 0 Å². The number of hydrogen-bond donors (Lipinski definition) is 0. The van der Waals surface area contributed by atoms with E-state index in [2.05, 4.69) is 18.7 Å². The van der Waals surface area contributed by atoms with Crippen molar-refractivity contribution in [1.82, 2.24) is 0 Å². The van der Waals surface area contributed by atoms with E-state index in [0.717, 1.165) is 18.1 Å². The van der Waals surface area contributed by atoms with Crippen LogP contribution in [0.15, 0.2) is 18.2 Å². The number of nitrogens with zero attached hydrogens (tertiary/aromatic N) is 1. The van der Waals surface area contributed by atoms with Crippen LogP contribution in [0.1, 0.15) is 38.7 Å². The van der Waals surface area contributed by atoms with E-state index in [-0.39, 0.29) is 0 Å². The fourth-order valence-electron chi connectivity index (χ4n) is 2.59. The van der Waals surface area contributed by atoms with E-state index >= 15 is 0 Å². The highest BCUT2D eigenvalue weighted by molar-refractivity contribution is 6.31. The van der Waals surface area contributed by atoms with E-state index in [1.165, 1.54) is 30.5 Å². The summed E-state index contributed by atoms with van der Waals surface area (Å²) >= 11 is 12.1. The molecule has 0 saturated carbocycles. The standard InChI is InChI=1S/C15H21Cl2N/c1-3-15(2)6-8-18(9-7-15)14-10-13(17)5-4-12(14)11-16/h4-5,10H,3,6-9,11H2,1-2H3. The fraction of sp³-hybridized carbons (Fsp3) is 0.600. The Morgan fingerprint density at radius 3 is 2.50 bits per heavy atom. The third kappa shape index (κ3) is 2.95. The maximum atomic E-state index is 6.11. The predicted molar refractivity (Wildman–Crippen MR) is 80.9 cm³/mol. The molecule has 0 bridgehead atoms. The molecule has 0 aromatic heterocycles. The van der Waals surface area contributed by atoms with Gasteiger partial charge < -0.3 is 4.90 Å². The second-order valence-corrected chi connectivity index (χ2v) is 6.26. The van der Waals surface area contributed by atoms with Gasteiger partial charge in [-0.2, -0.15) is 0 Å². The van der Waals surface area contributed by atoms with Gasteiger partial charge in [-0.1, -0.05) is 37.9 Å². The van der Waals surface area contributed by atoms with E-state index in [1.54, 1.807) is 0 Å². The summed E-state index contributed by atoms with van der Waals surface area (Å²) in [6.07, 6.45) is 3.76. The Morgan fingerprint density at radius 1 is 1.28 bits per heavy atom. The van der Waals surface area contributed by atoms with Crippen LogP contribution in [0.3, 0.4) is 0 Å².